The van der Waals surface area contributed by atoms with Crippen molar-refractivity contribution in [2.75, 3.05) is 57.2 Å². The van der Waals surface area contributed by atoms with Crippen LogP contribution in [0, 0.1) is 5.92 Å². The molecular weight excluding hydrogens is 390 g/mol. The highest BCUT2D eigenvalue weighted by Gasteiger charge is 2.26. The highest BCUT2D eigenvalue weighted by atomic mass is 16.5. The second-order valence-electron chi connectivity index (χ2n) is 8.21. The van der Waals surface area contributed by atoms with Crippen LogP contribution in [-0.4, -0.2) is 57.8 Å². The van der Waals surface area contributed by atoms with E-state index in [2.05, 4.69) is 27.2 Å². The maximum Gasteiger partial charge on any atom is 0.248 e. The molecule has 31 heavy (non-hydrogen) atoms. The molecule has 2 fully saturated rings. The number of ether oxygens (including phenoxy) is 2. The molecule has 6 nitrogen and oxygen atoms in total. The van der Waals surface area contributed by atoms with Gasteiger partial charge in [0.25, 0.3) is 0 Å². The minimum Gasteiger partial charge on any atom is -0.497 e. The fraction of sp³-hybridized carbons (Fsp3) is 0.400. The van der Waals surface area contributed by atoms with E-state index >= 15 is 0 Å². The molecule has 2 aromatic rings. The maximum atomic E-state index is 12.5. The van der Waals surface area contributed by atoms with E-state index in [1.165, 1.54) is 25.5 Å². The van der Waals surface area contributed by atoms with Crippen molar-refractivity contribution >= 4 is 23.4 Å². The second kappa shape index (κ2) is 9.88. The summed E-state index contributed by atoms with van der Waals surface area (Å²) in [5.74, 6) is 2.13. The summed E-state index contributed by atoms with van der Waals surface area (Å²) in [6.45, 7) is 5.54. The number of benzene rings is 2. The van der Waals surface area contributed by atoms with Gasteiger partial charge in [0.05, 0.1) is 14.2 Å². The number of nitrogens with one attached hydrogen (secondary N) is 1. The van der Waals surface area contributed by atoms with Crippen molar-refractivity contribution in [2.45, 2.75) is 12.8 Å². The van der Waals surface area contributed by atoms with Crippen LogP contribution < -0.4 is 19.7 Å². The Bertz CT molecular complexity index is 931. The number of piperazine rings is 1. The molecule has 1 N–H and O–H groups in total. The molecule has 0 bridgehead atoms. The zero-order valence-corrected chi connectivity index (χ0v) is 18.3. The van der Waals surface area contributed by atoms with Gasteiger partial charge in [-0.15, -0.1) is 0 Å². The van der Waals surface area contributed by atoms with Gasteiger partial charge in [0, 0.05) is 61.8 Å². The van der Waals surface area contributed by atoms with Crippen LogP contribution in [-0.2, 0) is 4.79 Å². The van der Waals surface area contributed by atoms with E-state index < -0.39 is 0 Å². The largest absolute Gasteiger partial charge is 0.497 e. The summed E-state index contributed by atoms with van der Waals surface area (Å²) in [6, 6.07) is 13.6. The van der Waals surface area contributed by atoms with Crippen LogP contribution in [0.15, 0.2) is 48.5 Å². The van der Waals surface area contributed by atoms with E-state index in [-0.39, 0.29) is 5.91 Å². The van der Waals surface area contributed by atoms with E-state index in [1.54, 1.807) is 26.4 Å². The van der Waals surface area contributed by atoms with Crippen molar-refractivity contribution < 1.29 is 14.3 Å². The number of carbonyl (C=O) groups is 1. The minimum absolute atomic E-state index is 0.177. The van der Waals surface area contributed by atoms with E-state index in [0.717, 1.165) is 49.0 Å². The molecule has 1 aliphatic carbocycles. The molecule has 0 aromatic heterocycles. The van der Waals surface area contributed by atoms with E-state index in [1.807, 2.05) is 24.3 Å². The predicted octanol–water partition coefficient (Wildman–Crippen LogP) is 3.89. The number of amides is 1. The Morgan fingerprint density at radius 1 is 1.06 bits per heavy atom. The first-order valence-electron chi connectivity index (χ1n) is 10.9. The van der Waals surface area contributed by atoms with Crippen molar-refractivity contribution in [1.82, 2.24) is 4.90 Å². The van der Waals surface area contributed by atoms with Gasteiger partial charge >= 0.3 is 0 Å². The Kier molecular flexibility index (Phi) is 6.77. The van der Waals surface area contributed by atoms with Crippen molar-refractivity contribution in [2.24, 2.45) is 5.92 Å². The van der Waals surface area contributed by atoms with Crippen molar-refractivity contribution in [3.05, 3.63) is 54.1 Å². The number of rotatable bonds is 8. The van der Waals surface area contributed by atoms with E-state index in [4.69, 9.17) is 9.47 Å². The quantitative estimate of drug-likeness (QED) is 0.656. The van der Waals surface area contributed by atoms with Crippen molar-refractivity contribution in [3.63, 3.8) is 0 Å². The zero-order valence-electron chi connectivity index (χ0n) is 18.3. The lowest BCUT2D eigenvalue weighted by Crippen LogP contribution is -2.47. The van der Waals surface area contributed by atoms with Gasteiger partial charge in [-0.25, -0.2) is 0 Å². The Morgan fingerprint density at radius 2 is 1.87 bits per heavy atom. The number of anilines is 2. The zero-order chi connectivity index (χ0) is 21.6. The van der Waals surface area contributed by atoms with Gasteiger partial charge in [0.2, 0.25) is 5.91 Å². The number of hydrogen-bond acceptors (Lipinski definition) is 5. The average Bonchev–Trinajstić information content (AvgIpc) is 3.62. The van der Waals surface area contributed by atoms with Crippen LogP contribution in [0.1, 0.15) is 18.4 Å². The van der Waals surface area contributed by atoms with Gasteiger partial charge in [0.15, 0.2) is 0 Å². The maximum absolute atomic E-state index is 12.5. The molecule has 2 aromatic carbocycles. The summed E-state index contributed by atoms with van der Waals surface area (Å²) < 4.78 is 10.6. The molecule has 6 heteroatoms. The Labute approximate surface area is 184 Å². The highest BCUT2D eigenvalue weighted by Crippen LogP contribution is 2.30. The normalized spacial score (nSPS) is 17.0. The topological polar surface area (TPSA) is 54.0 Å². The summed E-state index contributed by atoms with van der Waals surface area (Å²) in [5.41, 5.74) is 2.77. The summed E-state index contributed by atoms with van der Waals surface area (Å²) in [5, 5.41) is 2.97. The van der Waals surface area contributed by atoms with E-state index in [0.29, 0.717) is 11.5 Å². The van der Waals surface area contributed by atoms with Crippen LogP contribution in [0.2, 0.25) is 0 Å². The first-order valence-corrected chi connectivity index (χ1v) is 10.9. The fourth-order valence-electron chi connectivity index (χ4n) is 3.94. The lowest BCUT2D eigenvalue weighted by molar-refractivity contribution is -0.111. The van der Waals surface area contributed by atoms with Crippen molar-refractivity contribution in [1.29, 1.82) is 0 Å². The molecule has 1 saturated heterocycles. The minimum atomic E-state index is -0.177. The molecular formula is C25H31N3O3. The molecule has 4 rings (SSSR count). The van der Waals surface area contributed by atoms with Crippen LogP contribution >= 0.6 is 0 Å². The SMILES string of the molecule is COc1ccc(/C=C/C(=O)Nc2cccc(N3CCN(CC4CC4)CC3)c2)c(OC)c1. The number of methoxy groups -OCH3 is 2. The standard InChI is InChI=1S/C25H31N3O3/c1-30-23-10-8-20(24(17-23)31-2)9-11-25(29)26-21-4-3-5-22(16-21)28-14-12-27(13-15-28)18-19-6-7-19/h3-5,8-11,16-17,19H,6-7,12-15,18H2,1-2H3,(H,26,29)/b11-9+. The summed E-state index contributed by atoms with van der Waals surface area (Å²) in [6.07, 6.45) is 6.08. The smallest absolute Gasteiger partial charge is 0.248 e. The second-order valence-corrected chi connectivity index (χ2v) is 8.21. The number of hydrogen-bond donors (Lipinski definition) is 1. The third-order valence-electron chi connectivity index (χ3n) is 5.92. The van der Waals surface area contributed by atoms with Gasteiger partial charge in [0.1, 0.15) is 11.5 Å². The molecule has 0 atom stereocenters. The fourth-order valence-corrected chi connectivity index (χ4v) is 3.94. The summed E-state index contributed by atoms with van der Waals surface area (Å²) >= 11 is 0. The van der Waals surface area contributed by atoms with Crippen LogP contribution in [0.3, 0.4) is 0 Å². The third-order valence-corrected chi connectivity index (χ3v) is 5.92. The van der Waals surface area contributed by atoms with Gasteiger partial charge < -0.3 is 19.7 Å². The predicted molar refractivity (Wildman–Crippen MR) is 125 cm³/mol. The monoisotopic (exact) mass is 421 g/mol. The first-order chi connectivity index (χ1) is 15.1. The molecule has 0 unspecified atom stereocenters. The Hall–Kier alpha value is -2.99. The van der Waals surface area contributed by atoms with Crippen molar-refractivity contribution in [3.8, 4) is 11.5 Å². The molecule has 0 spiro atoms. The first kappa shape index (κ1) is 21.2. The molecule has 164 valence electrons. The lowest BCUT2D eigenvalue weighted by Gasteiger charge is -2.36. The molecule has 1 amide bonds. The summed E-state index contributed by atoms with van der Waals surface area (Å²) in [7, 11) is 3.21. The number of nitrogens with zero attached hydrogens (tertiary/aromatic N) is 2. The summed E-state index contributed by atoms with van der Waals surface area (Å²) in [4.78, 5) is 17.4. The molecule has 1 aliphatic heterocycles. The van der Waals surface area contributed by atoms with Gasteiger partial charge in [-0.3, -0.25) is 9.69 Å². The van der Waals surface area contributed by atoms with Gasteiger partial charge in [-0.2, -0.15) is 0 Å². The number of carbonyl (C=O) groups excluding carboxylic acids is 1. The molecule has 0 radical (unpaired) electrons. The molecule has 2 aliphatic rings. The third kappa shape index (κ3) is 5.79. The Balaban J connectivity index is 1.34. The lowest BCUT2D eigenvalue weighted by atomic mass is 10.1. The van der Waals surface area contributed by atoms with Crippen LogP contribution in [0.25, 0.3) is 6.08 Å². The average molecular weight is 422 g/mol. The van der Waals surface area contributed by atoms with Gasteiger partial charge in [-0.05, 0) is 55.2 Å². The van der Waals surface area contributed by atoms with E-state index in [9.17, 15) is 4.79 Å². The molecule has 1 heterocycles. The molecule has 1 saturated carbocycles. The van der Waals surface area contributed by atoms with Crippen LogP contribution in [0.5, 0.6) is 11.5 Å². The van der Waals surface area contributed by atoms with Crippen LogP contribution in [0.4, 0.5) is 11.4 Å². The van der Waals surface area contributed by atoms with Gasteiger partial charge in [-0.1, -0.05) is 6.07 Å². The highest BCUT2D eigenvalue weighted by molar-refractivity contribution is 6.02. The Morgan fingerprint density at radius 3 is 2.58 bits per heavy atom.